The van der Waals surface area contributed by atoms with Gasteiger partial charge in [-0.2, -0.15) is 0 Å². The summed E-state index contributed by atoms with van der Waals surface area (Å²) in [7, 11) is 1.82. The van der Waals surface area contributed by atoms with Gasteiger partial charge in [-0.15, -0.1) is 0 Å². The van der Waals surface area contributed by atoms with Gasteiger partial charge in [0.05, 0.1) is 12.5 Å². The van der Waals surface area contributed by atoms with E-state index in [4.69, 9.17) is 4.74 Å². The molecule has 0 radical (unpaired) electrons. The Kier molecular flexibility index (Phi) is 3.64. The fourth-order valence-electron chi connectivity index (χ4n) is 4.36. The van der Waals surface area contributed by atoms with E-state index < -0.39 is 0 Å². The lowest BCUT2D eigenvalue weighted by molar-refractivity contribution is -0.144. The zero-order valence-corrected chi connectivity index (χ0v) is 13.7. The number of H-pyrrole nitrogens is 1. The molecule has 1 saturated carbocycles. The van der Waals surface area contributed by atoms with E-state index in [1.165, 1.54) is 12.8 Å². The molecule has 2 heterocycles. The van der Waals surface area contributed by atoms with Gasteiger partial charge in [-0.3, -0.25) is 4.79 Å². The van der Waals surface area contributed by atoms with Crippen molar-refractivity contribution < 1.29 is 9.53 Å². The zero-order valence-electron chi connectivity index (χ0n) is 13.7. The van der Waals surface area contributed by atoms with Gasteiger partial charge >= 0.3 is 0 Å². The molecule has 0 bridgehead atoms. The van der Waals surface area contributed by atoms with Gasteiger partial charge in [-0.1, -0.05) is 18.2 Å². The van der Waals surface area contributed by atoms with Crippen molar-refractivity contribution in [3.63, 3.8) is 0 Å². The highest BCUT2D eigenvalue weighted by atomic mass is 16.5. The van der Waals surface area contributed by atoms with Gasteiger partial charge in [0.15, 0.2) is 0 Å². The number of methoxy groups -OCH3 is 1. The lowest BCUT2D eigenvalue weighted by Gasteiger charge is -2.53. The Labute approximate surface area is 136 Å². The first-order valence-electron chi connectivity index (χ1n) is 8.57. The Hall–Kier alpha value is -1.81. The standard InChI is InChI=1S/C19H24N2O2/c1-23-17-6-7-19(17)8-10-21(11-9-19)18(22)12-14-13-20-16-5-3-2-4-15(14)16/h2-5,13,17,20H,6-12H2,1H3. The number of aromatic nitrogens is 1. The summed E-state index contributed by atoms with van der Waals surface area (Å²) in [6.45, 7) is 1.75. The second-order valence-electron chi connectivity index (χ2n) is 7.04. The van der Waals surface area contributed by atoms with Crippen molar-refractivity contribution in [2.45, 2.75) is 38.2 Å². The molecule has 1 unspecified atom stereocenters. The molecule has 1 aromatic carbocycles. The van der Waals surface area contributed by atoms with Crippen LogP contribution in [0.5, 0.6) is 0 Å². The maximum atomic E-state index is 12.7. The van der Waals surface area contributed by atoms with Crippen LogP contribution in [-0.2, 0) is 16.0 Å². The van der Waals surface area contributed by atoms with Crippen molar-refractivity contribution in [1.82, 2.24) is 9.88 Å². The normalized spacial score (nSPS) is 23.2. The molecule has 1 saturated heterocycles. The third kappa shape index (κ3) is 2.45. The molecule has 2 aliphatic rings. The number of nitrogens with one attached hydrogen (secondary N) is 1. The number of piperidine rings is 1. The summed E-state index contributed by atoms with van der Waals surface area (Å²) >= 11 is 0. The predicted octanol–water partition coefficient (Wildman–Crippen LogP) is 3.13. The van der Waals surface area contributed by atoms with Crippen molar-refractivity contribution in [1.29, 1.82) is 0 Å². The lowest BCUT2D eigenvalue weighted by Crippen LogP contribution is -2.54. The van der Waals surface area contributed by atoms with Crippen LogP contribution in [0.4, 0.5) is 0 Å². The van der Waals surface area contributed by atoms with Crippen molar-refractivity contribution in [3.05, 3.63) is 36.0 Å². The predicted molar refractivity (Wildman–Crippen MR) is 90.3 cm³/mol. The highest BCUT2D eigenvalue weighted by Crippen LogP contribution is 2.50. The summed E-state index contributed by atoms with van der Waals surface area (Å²) < 4.78 is 5.60. The molecule has 122 valence electrons. The Morgan fingerprint density at radius 3 is 2.78 bits per heavy atom. The van der Waals surface area contributed by atoms with Crippen molar-refractivity contribution in [2.24, 2.45) is 5.41 Å². The third-order valence-corrected chi connectivity index (χ3v) is 6.00. The van der Waals surface area contributed by atoms with Crippen LogP contribution in [0.1, 0.15) is 31.2 Å². The first-order chi connectivity index (χ1) is 11.2. The van der Waals surface area contributed by atoms with E-state index in [2.05, 4.69) is 17.1 Å². The van der Waals surface area contributed by atoms with Crippen LogP contribution >= 0.6 is 0 Å². The van der Waals surface area contributed by atoms with E-state index in [-0.39, 0.29) is 5.91 Å². The number of likely N-dealkylation sites (tertiary alicyclic amines) is 1. The molecule has 1 atom stereocenters. The summed E-state index contributed by atoms with van der Waals surface area (Å²) in [4.78, 5) is 18.0. The SMILES string of the molecule is COC1CCC12CCN(C(=O)Cc1c[nH]c3ccccc13)CC2. The van der Waals surface area contributed by atoms with Gasteiger partial charge in [0.1, 0.15) is 0 Å². The van der Waals surface area contributed by atoms with Crippen molar-refractivity contribution >= 4 is 16.8 Å². The van der Waals surface area contributed by atoms with E-state index in [1.807, 2.05) is 30.3 Å². The first-order valence-corrected chi connectivity index (χ1v) is 8.57. The molecule has 2 aromatic rings. The van der Waals surface area contributed by atoms with Crippen molar-refractivity contribution in [2.75, 3.05) is 20.2 Å². The van der Waals surface area contributed by atoms with Crippen LogP contribution in [0.15, 0.2) is 30.5 Å². The number of nitrogens with zero attached hydrogens (tertiary/aromatic N) is 1. The van der Waals surface area contributed by atoms with Gasteiger partial charge < -0.3 is 14.6 Å². The number of benzene rings is 1. The molecular formula is C19H24N2O2. The topological polar surface area (TPSA) is 45.3 Å². The van der Waals surface area contributed by atoms with Gasteiger partial charge in [-0.05, 0) is 37.3 Å². The van der Waals surface area contributed by atoms with Crippen LogP contribution in [0, 0.1) is 5.41 Å². The number of hydrogen-bond donors (Lipinski definition) is 1. The van der Waals surface area contributed by atoms with Crippen LogP contribution < -0.4 is 0 Å². The number of aromatic amines is 1. The van der Waals surface area contributed by atoms with E-state index in [1.54, 1.807) is 0 Å². The van der Waals surface area contributed by atoms with E-state index in [0.29, 0.717) is 17.9 Å². The molecule has 1 spiro atoms. The quantitative estimate of drug-likeness (QED) is 0.946. The summed E-state index contributed by atoms with van der Waals surface area (Å²) in [5, 5.41) is 1.16. The number of carbonyl (C=O) groups is 1. The molecule has 4 rings (SSSR count). The van der Waals surface area contributed by atoms with Crippen LogP contribution in [0.25, 0.3) is 10.9 Å². The number of amides is 1. The Bertz CT molecular complexity index is 711. The number of para-hydroxylation sites is 1. The van der Waals surface area contributed by atoms with Crippen LogP contribution in [-0.4, -0.2) is 42.1 Å². The molecule has 23 heavy (non-hydrogen) atoms. The Morgan fingerprint density at radius 1 is 1.30 bits per heavy atom. The van der Waals surface area contributed by atoms with E-state index >= 15 is 0 Å². The molecule has 4 heteroatoms. The minimum absolute atomic E-state index is 0.248. The second-order valence-corrected chi connectivity index (χ2v) is 7.04. The molecule has 1 aromatic heterocycles. The van der Waals surface area contributed by atoms with Crippen molar-refractivity contribution in [3.8, 4) is 0 Å². The molecule has 2 fully saturated rings. The Balaban J connectivity index is 1.41. The molecule has 1 aliphatic heterocycles. The smallest absolute Gasteiger partial charge is 0.227 e. The monoisotopic (exact) mass is 312 g/mol. The van der Waals surface area contributed by atoms with Gasteiger partial charge in [0.2, 0.25) is 5.91 Å². The van der Waals surface area contributed by atoms with Crippen LogP contribution in [0.3, 0.4) is 0 Å². The average molecular weight is 312 g/mol. The summed E-state index contributed by atoms with van der Waals surface area (Å²) in [5.41, 5.74) is 2.56. The highest BCUT2D eigenvalue weighted by Gasteiger charge is 2.48. The second kappa shape index (κ2) is 5.68. The molecule has 1 amide bonds. The fourth-order valence-corrected chi connectivity index (χ4v) is 4.36. The van der Waals surface area contributed by atoms with E-state index in [9.17, 15) is 4.79 Å². The van der Waals surface area contributed by atoms with Gasteiger partial charge in [-0.25, -0.2) is 0 Å². The zero-order chi connectivity index (χ0) is 15.9. The molecule has 4 nitrogen and oxygen atoms in total. The van der Waals surface area contributed by atoms with E-state index in [0.717, 1.165) is 42.4 Å². The maximum Gasteiger partial charge on any atom is 0.227 e. The minimum Gasteiger partial charge on any atom is -0.381 e. The number of carbonyl (C=O) groups excluding carboxylic acids is 1. The number of rotatable bonds is 3. The minimum atomic E-state index is 0.248. The van der Waals surface area contributed by atoms with Gasteiger partial charge in [0, 0.05) is 42.7 Å². The highest BCUT2D eigenvalue weighted by molar-refractivity contribution is 5.88. The fraction of sp³-hybridized carbons (Fsp3) is 0.526. The Morgan fingerprint density at radius 2 is 2.09 bits per heavy atom. The first kappa shape index (κ1) is 14.8. The maximum absolute atomic E-state index is 12.7. The summed E-state index contributed by atoms with van der Waals surface area (Å²) in [5.74, 6) is 0.248. The summed E-state index contributed by atoms with van der Waals surface area (Å²) in [6.07, 6.45) is 7.49. The molecule has 1 aliphatic carbocycles. The third-order valence-electron chi connectivity index (χ3n) is 6.00. The average Bonchev–Trinajstić information content (AvgIpc) is 2.98. The number of ether oxygens (including phenoxy) is 1. The summed E-state index contributed by atoms with van der Waals surface area (Å²) in [6, 6.07) is 8.17. The lowest BCUT2D eigenvalue weighted by atomic mass is 9.61. The molecular weight excluding hydrogens is 288 g/mol. The number of fused-ring (bicyclic) bond motifs is 1. The molecule has 1 N–H and O–H groups in total. The van der Waals surface area contributed by atoms with Gasteiger partial charge in [0.25, 0.3) is 0 Å². The largest absolute Gasteiger partial charge is 0.381 e. The number of hydrogen-bond acceptors (Lipinski definition) is 2. The van der Waals surface area contributed by atoms with Crippen LogP contribution in [0.2, 0.25) is 0 Å².